The summed E-state index contributed by atoms with van der Waals surface area (Å²) in [6.07, 6.45) is 1.53. The van der Waals surface area contributed by atoms with E-state index in [-0.39, 0.29) is 0 Å². The molecule has 0 saturated carbocycles. The summed E-state index contributed by atoms with van der Waals surface area (Å²) in [5.41, 5.74) is 5.18. The first kappa shape index (κ1) is 20.6. The zero-order chi connectivity index (χ0) is 21.3. The number of fused-ring (bicyclic) bond motifs is 1. The Kier molecular flexibility index (Phi) is 5.87. The third-order valence-corrected chi connectivity index (χ3v) is 6.67. The van der Waals surface area contributed by atoms with Gasteiger partial charge in [-0.1, -0.05) is 23.9 Å². The summed E-state index contributed by atoms with van der Waals surface area (Å²) < 4.78 is 0. The normalized spacial score (nSPS) is 18.4. The third kappa shape index (κ3) is 4.11. The molecule has 30 heavy (non-hydrogen) atoms. The van der Waals surface area contributed by atoms with Crippen LogP contribution < -0.4 is 10.2 Å². The average molecular weight is 422 g/mol. The lowest BCUT2D eigenvalue weighted by molar-refractivity contribution is 0.313. The van der Waals surface area contributed by atoms with Crippen molar-refractivity contribution in [1.29, 1.82) is 10.8 Å². The first-order valence-electron chi connectivity index (χ1n) is 10.1. The number of allylic oxidation sites excluding steroid dienone is 1. The van der Waals surface area contributed by atoms with Crippen LogP contribution >= 0.6 is 11.8 Å². The van der Waals surface area contributed by atoms with Gasteiger partial charge in [0.05, 0.1) is 10.6 Å². The van der Waals surface area contributed by atoms with Crippen molar-refractivity contribution >= 4 is 39.6 Å². The second kappa shape index (κ2) is 8.57. The second-order valence-electron chi connectivity index (χ2n) is 7.77. The number of hydrogen-bond acceptors (Lipinski definition) is 8. The highest BCUT2D eigenvalue weighted by atomic mass is 32.2. The fourth-order valence-electron chi connectivity index (χ4n) is 3.65. The summed E-state index contributed by atoms with van der Waals surface area (Å²) in [6, 6.07) is 8.69. The van der Waals surface area contributed by atoms with Crippen molar-refractivity contribution in [3.05, 3.63) is 47.4 Å². The Morgan fingerprint density at radius 1 is 1.10 bits per heavy atom. The minimum atomic E-state index is 0.425. The summed E-state index contributed by atoms with van der Waals surface area (Å²) in [5.74, 6) is 0.739. The van der Waals surface area contributed by atoms with Crippen LogP contribution in [0.2, 0.25) is 0 Å². The number of thioether (sulfide) groups is 1. The van der Waals surface area contributed by atoms with Crippen LogP contribution in [0.1, 0.15) is 25.1 Å². The number of hydrogen-bond donors (Lipinski definition) is 3. The number of aromatic nitrogens is 2. The highest BCUT2D eigenvalue weighted by molar-refractivity contribution is 8.15. The molecule has 2 aliphatic rings. The van der Waals surface area contributed by atoms with Crippen molar-refractivity contribution in [2.75, 3.05) is 43.4 Å². The van der Waals surface area contributed by atoms with Gasteiger partial charge >= 0.3 is 0 Å². The molecule has 4 rings (SSSR count). The number of rotatable bonds is 5. The Balaban J connectivity index is 1.47. The van der Waals surface area contributed by atoms with Crippen LogP contribution in [0.15, 0.2) is 41.1 Å². The third-order valence-electron chi connectivity index (χ3n) is 5.67. The maximum atomic E-state index is 8.35. The SMILES string of the molecule is CC(=N)/C(C)=C1\C(=N)Sc2c(NCc3ccc(N4CCN(C)CC4)cc3)ncnc21. The highest BCUT2D eigenvalue weighted by Crippen LogP contribution is 2.44. The van der Waals surface area contributed by atoms with Crippen LogP contribution in [0.25, 0.3) is 5.57 Å². The summed E-state index contributed by atoms with van der Waals surface area (Å²) >= 11 is 1.36. The number of likely N-dealkylation sites (N-methyl/N-ethyl adjacent to an activating group) is 1. The number of nitrogens with zero attached hydrogens (tertiary/aromatic N) is 4. The van der Waals surface area contributed by atoms with Gasteiger partial charge < -0.3 is 20.5 Å². The molecule has 8 heteroatoms. The first-order valence-corrected chi connectivity index (χ1v) is 10.9. The Labute approximate surface area is 181 Å². The van der Waals surface area contributed by atoms with E-state index in [1.54, 1.807) is 6.92 Å². The van der Waals surface area contributed by atoms with Crippen molar-refractivity contribution in [1.82, 2.24) is 14.9 Å². The van der Waals surface area contributed by atoms with Crippen molar-refractivity contribution in [2.45, 2.75) is 25.3 Å². The average Bonchev–Trinajstić information content (AvgIpc) is 3.09. The summed E-state index contributed by atoms with van der Waals surface area (Å²) in [6.45, 7) is 8.60. The molecule has 0 spiro atoms. The zero-order valence-corrected chi connectivity index (χ0v) is 18.4. The van der Waals surface area contributed by atoms with Crippen LogP contribution in [0.3, 0.4) is 0 Å². The van der Waals surface area contributed by atoms with E-state index in [1.807, 2.05) is 6.92 Å². The molecule has 0 radical (unpaired) electrons. The van der Waals surface area contributed by atoms with Crippen LogP contribution in [-0.4, -0.2) is 58.8 Å². The lowest BCUT2D eigenvalue weighted by atomic mass is 10.0. The standard InChI is InChI=1S/C22H27N7S/c1-14(15(2)23)18-19-20(30-21(18)24)22(27-13-26-19)25-12-16-4-6-17(7-5-16)29-10-8-28(3)9-11-29/h4-7,13,23-24H,8-12H2,1-3H3,(H,25,26,27)/b18-14-,23-15?,24-21?. The van der Waals surface area contributed by atoms with Crippen molar-refractivity contribution < 1.29 is 0 Å². The molecule has 0 aliphatic carbocycles. The maximum absolute atomic E-state index is 8.35. The van der Waals surface area contributed by atoms with Crippen LogP contribution in [0.4, 0.5) is 11.5 Å². The van der Waals surface area contributed by atoms with E-state index in [9.17, 15) is 0 Å². The molecule has 3 heterocycles. The molecule has 1 aromatic heterocycles. The number of anilines is 2. The Bertz CT molecular complexity index is 1000. The van der Waals surface area contributed by atoms with Crippen LogP contribution in [0, 0.1) is 10.8 Å². The molecular formula is C22H27N7S. The molecule has 0 atom stereocenters. The van der Waals surface area contributed by atoms with E-state index in [1.165, 1.54) is 29.3 Å². The summed E-state index contributed by atoms with van der Waals surface area (Å²) in [7, 11) is 2.17. The van der Waals surface area contributed by atoms with Gasteiger partial charge in [-0.15, -0.1) is 0 Å². The lowest BCUT2D eigenvalue weighted by Gasteiger charge is -2.34. The van der Waals surface area contributed by atoms with Crippen LogP contribution in [-0.2, 0) is 6.54 Å². The van der Waals surface area contributed by atoms with Crippen LogP contribution in [0.5, 0.6) is 0 Å². The van der Waals surface area contributed by atoms with Crippen molar-refractivity contribution in [3.8, 4) is 0 Å². The van der Waals surface area contributed by atoms with Crippen molar-refractivity contribution in [2.24, 2.45) is 0 Å². The van der Waals surface area contributed by atoms with Gasteiger partial charge in [0, 0.05) is 49.7 Å². The van der Waals surface area contributed by atoms with E-state index < -0.39 is 0 Å². The largest absolute Gasteiger partial charge is 0.369 e. The topological polar surface area (TPSA) is 92.0 Å². The number of piperazine rings is 1. The molecule has 0 bridgehead atoms. The highest BCUT2D eigenvalue weighted by Gasteiger charge is 2.29. The molecule has 0 amide bonds. The van der Waals surface area contributed by atoms with Gasteiger partial charge in [-0.3, -0.25) is 5.41 Å². The molecule has 1 fully saturated rings. The van der Waals surface area contributed by atoms with Gasteiger partial charge in [-0.05, 0) is 44.2 Å². The molecule has 1 aromatic carbocycles. The molecular weight excluding hydrogens is 394 g/mol. The predicted molar refractivity (Wildman–Crippen MR) is 125 cm³/mol. The van der Waals surface area contributed by atoms with E-state index in [0.29, 0.717) is 17.3 Å². The van der Waals surface area contributed by atoms with Gasteiger partial charge in [0.2, 0.25) is 0 Å². The molecule has 2 aliphatic heterocycles. The predicted octanol–water partition coefficient (Wildman–Crippen LogP) is 3.74. The first-order chi connectivity index (χ1) is 14.4. The Morgan fingerprint density at radius 2 is 1.80 bits per heavy atom. The fourth-order valence-corrected chi connectivity index (χ4v) is 4.67. The lowest BCUT2D eigenvalue weighted by Crippen LogP contribution is -2.44. The van der Waals surface area contributed by atoms with Crippen molar-refractivity contribution in [3.63, 3.8) is 0 Å². The quantitative estimate of drug-likeness (QED) is 0.637. The van der Waals surface area contributed by atoms with Gasteiger partial charge in [0.25, 0.3) is 0 Å². The molecule has 2 aromatic rings. The summed E-state index contributed by atoms with van der Waals surface area (Å²) in [5, 5.41) is 20.1. The van der Waals surface area contributed by atoms with Gasteiger partial charge in [0.1, 0.15) is 17.2 Å². The maximum Gasteiger partial charge on any atom is 0.144 e. The molecule has 7 nitrogen and oxygen atoms in total. The molecule has 1 saturated heterocycles. The van der Waals surface area contributed by atoms with Gasteiger partial charge in [-0.2, -0.15) is 0 Å². The Morgan fingerprint density at radius 3 is 2.47 bits per heavy atom. The summed E-state index contributed by atoms with van der Waals surface area (Å²) in [4.78, 5) is 14.5. The molecule has 0 unspecified atom stereocenters. The van der Waals surface area contributed by atoms with Gasteiger partial charge in [0.15, 0.2) is 0 Å². The van der Waals surface area contributed by atoms with Gasteiger partial charge in [-0.25, -0.2) is 9.97 Å². The van der Waals surface area contributed by atoms with E-state index >= 15 is 0 Å². The monoisotopic (exact) mass is 421 g/mol. The zero-order valence-electron chi connectivity index (χ0n) is 17.6. The van der Waals surface area contributed by atoms with E-state index in [2.05, 4.69) is 56.4 Å². The smallest absolute Gasteiger partial charge is 0.144 e. The number of nitrogens with one attached hydrogen (secondary N) is 3. The molecule has 3 N–H and O–H groups in total. The Hall–Kier alpha value is -2.71. The second-order valence-corrected chi connectivity index (χ2v) is 8.79. The fraction of sp³-hybridized carbons (Fsp3) is 0.364. The van der Waals surface area contributed by atoms with E-state index in [4.69, 9.17) is 10.8 Å². The number of benzene rings is 1. The minimum Gasteiger partial charge on any atom is -0.369 e. The molecule has 156 valence electrons. The van der Waals surface area contributed by atoms with E-state index in [0.717, 1.165) is 53.7 Å². The minimum absolute atomic E-state index is 0.425.